The monoisotopic (exact) mass is 454 g/mol. The molecule has 0 aromatic heterocycles. The molecule has 6 nitrogen and oxygen atoms in total. The van der Waals surface area contributed by atoms with Gasteiger partial charge in [-0.05, 0) is 61.2 Å². The number of hydrogen-bond acceptors (Lipinski definition) is 6. The van der Waals surface area contributed by atoms with Gasteiger partial charge in [-0.1, -0.05) is 26.0 Å². The topological polar surface area (TPSA) is 63.2 Å². The number of esters is 1. The summed E-state index contributed by atoms with van der Waals surface area (Å²) in [5, 5.41) is 0. The standard InChI is InChI=1S/C27H34O6/c1-3-26(16-30-17-26)13-14-32-23-9-11-24(12-10-23)33-25(28)22-7-5-21(6-8-22)15-29-18-27(4-2)19-31-20-27/h5-12H,3-4,13-20H2,1-2H3. The van der Waals surface area contributed by atoms with Crippen LogP contribution in [-0.4, -0.2) is 45.6 Å². The van der Waals surface area contributed by atoms with Gasteiger partial charge in [-0.25, -0.2) is 4.79 Å². The first-order chi connectivity index (χ1) is 16.1. The highest BCUT2D eigenvalue weighted by atomic mass is 16.5. The Hall–Kier alpha value is -2.41. The molecular formula is C27H34O6. The Morgan fingerprint density at radius 1 is 0.848 bits per heavy atom. The van der Waals surface area contributed by atoms with Crippen LogP contribution in [-0.2, 0) is 20.8 Å². The molecule has 2 aliphatic rings. The maximum atomic E-state index is 12.5. The van der Waals surface area contributed by atoms with Crippen LogP contribution in [0.15, 0.2) is 48.5 Å². The van der Waals surface area contributed by atoms with Crippen molar-refractivity contribution in [3.63, 3.8) is 0 Å². The van der Waals surface area contributed by atoms with Crippen molar-refractivity contribution >= 4 is 5.97 Å². The molecule has 2 heterocycles. The van der Waals surface area contributed by atoms with Gasteiger partial charge in [-0.15, -0.1) is 0 Å². The molecule has 0 N–H and O–H groups in total. The lowest BCUT2D eigenvalue weighted by Crippen LogP contribution is -2.45. The van der Waals surface area contributed by atoms with Crippen molar-refractivity contribution in [2.75, 3.05) is 39.6 Å². The van der Waals surface area contributed by atoms with Crippen molar-refractivity contribution in [3.8, 4) is 11.5 Å². The molecule has 0 spiro atoms. The summed E-state index contributed by atoms with van der Waals surface area (Å²) in [6.07, 6.45) is 3.14. The predicted octanol–water partition coefficient (Wildman–Crippen LogP) is 5.04. The lowest BCUT2D eigenvalue weighted by Gasteiger charge is -2.40. The predicted molar refractivity (Wildman–Crippen MR) is 125 cm³/mol. The molecule has 2 fully saturated rings. The SMILES string of the molecule is CCC1(CCOc2ccc(OC(=O)c3ccc(COCC4(CC)COC4)cc3)cc2)COC1. The fraction of sp³-hybridized carbons (Fsp3) is 0.519. The van der Waals surface area contributed by atoms with Gasteiger partial charge in [0.1, 0.15) is 11.5 Å². The normalized spacial score (nSPS) is 18.1. The Kier molecular flexibility index (Phi) is 7.68. The summed E-state index contributed by atoms with van der Waals surface area (Å²) in [6, 6.07) is 14.5. The zero-order chi connectivity index (χ0) is 23.2. The molecule has 178 valence electrons. The maximum Gasteiger partial charge on any atom is 0.343 e. The van der Waals surface area contributed by atoms with Crippen LogP contribution in [0.25, 0.3) is 0 Å². The summed E-state index contributed by atoms with van der Waals surface area (Å²) in [5.41, 5.74) is 1.98. The molecule has 0 radical (unpaired) electrons. The fourth-order valence-electron chi connectivity index (χ4n) is 3.97. The Balaban J connectivity index is 1.20. The Bertz CT molecular complexity index is 886. The molecule has 4 rings (SSSR count). The fourth-order valence-corrected chi connectivity index (χ4v) is 3.97. The average molecular weight is 455 g/mol. The molecule has 0 saturated carbocycles. The van der Waals surface area contributed by atoms with Crippen LogP contribution in [0.3, 0.4) is 0 Å². The molecule has 0 aliphatic carbocycles. The van der Waals surface area contributed by atoms with E-state index >= 15 is 0 Å². The van der Waals surface area contributed by atoms with E-state index in [4.69, 9.17) is 23.7 Å². The smallest absolute Gasteiger partial charge is 0.343 e. The van der Waals surface area contributed by atoms with Crippen LogP contribution in [0.4, 0.5) is 0 Å². The largest absolute Gasteiger partial charge is 0.494 e. The van der Waals surface area contributed by atoms with Gasteiger partial charge in [-0.2, -0.15) is 0 Å². The summed E-state index contributed by atoms with van der Waals surface area (Å²) >= 11 is 0. The molecule has 2 aromatic carbocycles. The number of carbonyl (C=O) groups is 1. The second-order valence-electron chi connectivity index (χ2n) is 9.34. The van der Waals surface area contributed by atoms with Crippen molar-refractivity contribution in [1.82, 2.24) is 0 Å². The number of rotatable bonds is 12. The molecule has 33 heavy (non-hydrogen) atoms. The molecule has 6 heteroatoms. The Labute approximate surface area is 196 Å². The molecule has 2 aliphatic heterocycles. The summed E-state index contributed by atoms with van der Waals surface area (Å²) in [5.74, 6) is 0.872. The van der Waals surface area contributed by atoms with Gasteiger partial charge in [0.25, 0.3) is 0 Å². The minimum Gasteiger partial charge on any atom is -0.494 e. The van der Waals surface area contributed by atoms with Crippen molar-refractivity contribution in [2.24, 2.45) is 10.8 Å². The quantitative estimate of drug-likeness (QED) is 0.331. The van der Waals surface area contributed by atoms with Gasteiger partial charge in [0.05, 0.1) is 51.8 Å². The molecule has 0 unspecified atom stereocenters. The van der Waals surface area contributed by atoms with E-state index in [9.17, 15) is 4.79 Å². The Morgan fingerprint density at radius 2 is 1.45 bits per heavy atom. The minimum absolute atomic E-state index is 0.174. The molecular weight excluding hydrogens is 420 g/mol. The summed E-state index contributed by atoms with van der Waals surface area (Å²) in [4.78, 5) is 12.5. The molecule has 2 aromatic rings. The first-order valence-electron chi connectivity index (χ1n) is 11.8. The van der Waals surface area contributed by atoms with Crippen molar-refractivity contribution < 1.29 is 28.5 Å². The average Bonchev–Trinajstić information content (AvgIpc) is 2.79. The third kappa shape index (κ3) is 5.94. The molecule has 0 bridgehead atoms. The van der Waals surface area contributed by atoms with Crippen molar-refractivity contribution in [2.45, 2.75) is 39.7 Å². The van der Waals surface area contributed by atoms with Crippen LogP contribution in [0.1, 0.15) is 49.0 Å². The van der Waals surface area contributed by atoms with E-state index in [0.29, 0.717) is 31.1 Å². The zero-order valence-electron chi connectivity index (χ0n) is 19.6. The van der Waals surface area contributed by atoms with E-state index < -0.39 is 0 Å². The van der Waals surface area contributed by atoms with Gasteiger partial charge in [-0.3, -0.25) is 0 Å². The molecule has 0 amide bonds. The second kappa shape index (κ2) is 10.7. The number of carbonyl (C=O) groups excluding carboxylic acids is 1. The Morgan fingerprint density at radius 3 is 2.00 bits per heavy atom. The van der Waals surface area contributed by atoms with Gasteiger partial charge >= 0.3 is 5.97 Å². The van der Waals surface area contributed by atoms with Crippen LogP contribution >= 0.6 is 0 Å². The lowest BCUT2D eigenvalue weighted by molar-refractivity contribution is -0.152. The van der Waals surface area contributed by atoms with Gasteiger partial charge in [0.2, 0.25) is 0 Å². The summed E-state index contributed by atoms with van der Waals surface area (Å²) < 4.78 is 27.9. The van der Waals surface area contributed by atoms with E-state index in [1.807, 2.05) is 24.3 Å². The number of ether oxygens (including phenoxy) is 5. The van der Waals surface area contributed by atoms with E-state index in [0.717, 1.165) is 57.0 Å². The van der Waals surface area contributed by atoms with E-state index in [2.05, 4.69) is 13.8 Å². The number of hydrogen-bond donors (Lipinski definition) is 0. The lowest BCUT2D eigenvalue weighted by atomic mass is 9.80. The third-order valence-corrected chi connectivity index (χ3v) is 6.94. The van der Waals surface area contributed by atoms with Crippen LogP contribution < -0.4 is 9.47 Å². The van der Waals surface area contributed by atoms with E-state index in [1.165, 1.54) is 0 Å². The maximum absolute atomic E-state index is 12.5. The summed E-state index contributed by atoms with van der Waals surface area (Å²) in [7, 11) is 0. The van der Waals surface area contributed by atoms with Crippen molar-refractivity contribution in [1.29, 1.82) is 0 Å². The first kappa shape index (κ1) is 23.7. The molecule has 2 saturated heterocycles. The zero-order valence-corrected chi connectivity index (χ0v) is 19.6. The van der Waals surface area contributed by atoms with Gasteiger partial charge in [0.15, 0.2) is 0 Å². The van der Waals surface area contributed by atoms with Crippen molar-refractivity contribution in [3.05, 3.63) is 59.7 Å². The highest BCUT2D eigenvalue weighted by Gasteiger charge is 2.37. The van der Waals surface area contributed by atoms with E-state index in [-0.39, 0.29) is 16.8 Å². The first-order valence-corrected chi connectivity index (χ1v) is 11.8. The van der Waals surface area contributed by atoms with Crippen LogP contribution in [0.5, 0.6) is 11.5 Å². The van der Waals surface area contributed by atoms with E-state index in [1.54, 1.807) is 24.3 Å². The van der Waals surface area contributed by atoms with Gasteiger partial charge in [0, 0.05) is 10.8 Å². The van der Waals surface area contributed by atoms with Gasteiger partial charge < -0.3 is 23.7 Å². The summed E-state index contributed by atoms with van der Waals surface area (Å²) in [6.45, 7) is 9.42. The number of benzene rings is 2. The molecule has 0 atom stereocenters. The minimum atomic E-state index is -0.387. The highest BCUT2D eigenvalue weighted by Crippen LogP contribution is 2.35. The second-order valence-corrected chi connectivity index (χ2v) is 9.34. The highest BCUT2D eigenvalue weighted by molar-refractivity contribution is 5.91. The van der Waals surface area contributed by atoms with Crippen LogP contribution in [0.2, 0.25) is 0 Å². The van der Waals surface area contributed by atoms with Crippen LogP contribution in [0, 0.1) is 10.8 Å². The third-order valence-electron chi connectivity index (χ3n) is 6.94.